The maximum absolute atomic E-state index is 4.62. The Hall–Kier alpha value is -3.23. The molecule has 0 aromatic carbocycles. The topological polar surface area (TPSA) is 91.1 Å². The minimum absolute atomic E-state index is 0.773. The maximum Gasteiger partial charge on any atom is 0.160 e. The Kier molecular flexibility index (Phi) is 2.84. The van der Waals surface area contributed by atoms with Gasteiger partial charge in [0.1, 0.15) is 18.0 Å². The monoisotopic (exact) mass is 321 g/mol. The van der Waals surface area contributed by atoms with E-state index < -0.39 is 0 Å². The molecule has 5 heterocycles. The van der Waals surface area contributed by atoms with Gasteiger partial charge in [-0.25, -0.2) is 19.5 Å². The third-order valence-corrected chi connectivity index (χ3v) is 4.37. The SMILES string of the molecule is c1nc(N2CCN(c3ccc4nccn4n3)CC2)c2cn[nH]c2n1. The number of hydrogen-bond acceptors (Lipinski definition) is 7. The molecule has 1 fully saturated rings. The van der Waals surface area contributed by atoms with Crippen molar-refractivity contribution in [3.05, 3.63) is 37.1 Å². The van der Waals surface area contributed by atoms with Gasteiger partial charge in [-0.3, -0.25) is 5.10 Å². The van der Waals surface area contributed by atoms with Gasteiger partial charge in [-0.05, 0) is 12.1 Å². The number of nitrogens with one attached hydrogen (secondary N) is 1. The number of rotatable bonds is 2. The van der Waals surface area contributed by atoms with E-state index in [2.05, 4.69) is 40.0 Å². The highest BCUT2D eigenvalue weighted by atomic mass is 15.4. The second-order valence-electron chi connectivity index (χ2n) is 5.73. The molecule has 0 atom stereocenters. The van der Waals surface area contributed by atoms with Crippen LogP contribution in [-0.4, -0.2) is 60.9 Å². The van der Waals surface area contributed by atoms with Gasteiger partial charge in [0.25, 0.3) is 0 Å². The van der Waals surface area contributed by atoms with Crippen molar-refractivity contribution >= 4 is 28.3 Å². The largest absolute Gasteiger partial charge is 0.352 e. The van der Waals surface area contributed by atoms with E-state index in [9.17, 15) is 0 Å². The number of nitrogens with zero attached hydrogens (tertiary/aromatic N) is 8. The van der Waals surface area contributed by atoms with Crippen molar-refractivity contribution in [1.29, 1.82) is 0 Å². The van der Waals surface area contributed by atoms with Gasteiger partial charge in [-0.1, -0.05) is 0 Å². The fourth-order valence-corrected chi connectivity index (χ4v) is 3.13. The summed E-state index contributed by atoms with van der Waals surface area (Å²) < 4.78 is 1.81. The number of hydrogen-bond donors (Lipinski definition) is 1. The Morgan fingerprint density at radius 3 is 2.75 bits per heavy atom. The Labute approximate surface area is 137 Å². The Balaban J connectivity index is 1.38. The number of H-pyrrole nitrogens is 1. The van der Waals surface area contributed by atoms with Crippen LogP contribution in [0.2, 0.25) is 0 Å². The summed E-state index contributed by atoms with van der Waals surface area (Å²) in [5, 5.41) is 12.5. The van der Waals surface area contributed by atoms with Crippen LogP contribution in [0.4, 0.5) is 11.6 Å². The molecule has 0 spiro atoms. The summed E-state index contributed by atoms with van der Waals surface area (Å²) in [5.41, 5.74) is 1.63. The van der Waals surface area contributed by atoms with Crippen molar-refractivity contribution in [3.8, 4) is 0 Å². The first-order chi connectivity index (χ1) is 11.9. The molecule has 0 bridgehead atoms. The van der Waals surface area contributed by atoms with Gasteiger partial charge in [0.2, 0.25) is 0 Å². The van der Waals surface area contributed by atoms with Gasteiger partial charge in [-0.2, -0.15) is 5.10 Å². The molecular formula is C15H15N9. The lowest BCUT2D eigenvalue weighted by molar-refractivity contribution is 0.637. The molecule has 0 saturated carbocycles. The van der Waals surface area contributed by atoms with E-state index in [0.717, 1.165) is 54.5 Å². The summed E-state index contributed by atoms with van der Waals surface area (Å²) in [4.78, 5) is 17.4. The van der Waals surface area contributed by atoms with E-state index in [0.29, 0.717) is 0 Å². The molecule has 0 aliphatic carbocycles. The summed E-state index contributed by atoms with van der Waals surface area (Å²) in [6, 6.07) is 4.02. The van der Waals surface area contributed by atoms with E-state index >= 15 is 0 Å². The lowest BCUT2D eigenvalue weighted by Gasteiger charge is -2.36. The lowest BCUT2D eigenvalue weighted by Crippen LogP contribution is -2.47. The number of fused-ring (bicyclic) bond motifs is 2. The number of imidazole rings is 1. The van der Waals surface area contributed by atoms with Gasteiger partial charge >= 0.3 is 0 Å². The van der Waals surface area contributed by atoms with E-state index in [1.165, 1.54) is 0 Å². The van der Waals surface area contributed by atoms with E-state index in [-0.39, 0.29) is 0 Å². The third-order valence-electron chi connectivity index (χ3n) is 4.37. The quantitative estimate of drug-likeness (QED) is 0.582. The van der Waals surface area contributed by atoms with E-state index in [1.54, 1.807) is 23.2 Å². The number of piperazine rings is 1. The fraction of sp³-hybridized carbons (Fsp3) is 0.267. The smallest absolute Gasteiger partial charge is 0.160 e. The zero-order valence-corrected chi connectivity index (χ0v) is 12.9. The van der Waals surface area contributed by atoms with Gasteiger partial charge in [0, 0.05) is 38.6 Å². The molecule has 120 valence electrons. The average Bonchev–Trinajstić information content (AvgIpc) is 3.30. The standard InChI is InChI=1S/C15H15N9/c1-2-13(21-24-4-3-16-12(1)24)22-5-7-23(8-6-22)15-11-9-19-20-14(11)17-10-18-15/h1-4,9-10H,5-8H2,(H,17,18,19,20). The lowest BCUT2D eigenvalue weighted by atomic mass is 10.2. The van der Waals surface area contributed by atoms with Gasteiger partial charge < -0.3 is 9.80 Å². The summed E-state index contributed by atoms with van der Waals surface area (Å²) >= 11 is 0. The van der Waals surface area contributed by atoms with E-state index in [1.807, 2.05) is 18.3 Å². The molecule has 4 aromatic heterocycles. The van der Waals surface area contributed by atoms with Crippen LogP contribution >= 0.6 is 0 Å². The van der Waals surface area contributed by atoms with E-state index in [4.69, 9.17) is 0 Å². The summed E-state index contributed by atoms with van der Waals surface area (Å²) in [6.45, 7) is 3.52. The normalized spacial score (nSPS) is 15.5. The van der Waals surface area contributed by atoms with Crippen molar-refractivity contribution in [3.63, 3.8) is 0 Å². The van der Waals surface area contributed by atoms with Crippen molar-refractivity contribution in [1.82, 2.24) is 34.8 Å². The first-order valence-corrected chi connectivity index (χ1v) is 7.83. The second kappa shape index (κ2) is 5.15. The first kappa shape index (κ1) is 13.2. The molecule has 9 heteroatoms. The number of anilines is 2. The molecule has 1 aliphatic heterocycles. The summed E-state index contributed by atoms with van der Waals surface area (Å²) in [6.07, 6.45) is 6.99. The first-order valence-electron chi connectivity index (χ1n) is 7.83. The Bertz CT molecular complexity index is 996. The predicted octanol–water partition coefficient (Wildman–Crippen LogP) is 0.722. The van der Waals surface area contributed by atoms with Crippen LogP contribution in [0.5, 0.6) is 0 Å². The van der Waals surface area contributed by atoms with Gasteiger partial charge in [-0.15, -0.1) is 5.10 Å². The van der Waals surface area contributed by atoms with Crippen LogP contribution < -0.4 is 9.80 Å². The van der Waals surface area contributed by atoms with Gasteiger partial charge in [0.15, 0.2) is 11.3 Å². The molecule has 0 unspecified atom stereocenters. The van der Waals surface area contributed by atoms with Gasteiger partial charge in [0.05, 0.1) is 11.6 Å². The predicted molar refractivity (Wildman–Crippen MR) is 89.1 cm³/mol. The minimum atomic E-state index is 0.773. The third kappa shape index (κ3) is 2.05. The molecule has 1 saturated heterocycles. The molecule has 5 rings (SSSR count). The number of aromatic nitrogens is 7. The van der Waals surface area contributed by atoms with Crippen LogP contribution in [0.3, 0.4) is 0 Å². The molecule has 9 nitrogen and oxygen atoms in total. The van der Waals surface area contributed by atoms with Crippen molar-refractivity contribution in [2.75, 3.05) is 36.0 Å². The highest BCUT2D eigenvalue weighted by Crippen LogP contribution is 2.23. The Morgan fingerprint density at radius 2 is 1.83 bits per heavy atom. The molecular weight excluding hydrogens is 306 g/mol. The van der Waals surface area contributed by atoms with Crippen LogP contribution in [0.1, 0.15) is 0 Å². The van der Waals surface area contributed by atoms with Crippen LogP contribution in [0.25, 0.3) is 16.7 Å². The van der Waals surface area contributed by atoms with Crippen molar-refractivity contribution in [2.24, 2.45) is 0 Å². The van der Waals surface area contributed by atoms with Crippen molar-refractivity contribution in [2.45, 2.75) is 0 Å². The van der Waals surface area contributed by atoms with Crippen LogP contribution in [0.15, 0.2) is 37.1 Å². The Morgan fingerprint density at radius 1 is 0.958 bits per heavy atom. The zero-order chi connectivity index (χ0) is 15.9. The molecule has 0 amide bonds. The fourth-order valence-electron chi connectivity index (χ4n) is 3.13. The highest BCUT2D eigenvalue weighted by Gasteiger charge is 2.21. The molecule has 0 radical (unpaired) electrons. The maximum atomic E-state index is 4.62. The van der Waals surface area contributed by atoms with Crippen LogP contribution in [-0.2, 0) is 0 Å². The zero-order valence-electron chi connectivity index (χ0n) is 12.9. The molecule has 1 aliphatic rings. The van der Waals surface area contributed by atoms with Crippen LogP contribution in [0, 0.1) is 0 Å². The average molecular weight is 321 g/mol. The highest BCUT2D eigenvalue weighted by molar-refractivity contribution is 5.86. The summed E-state index contributed by atoms with van der Waals surface area (Å²) in [5.74, 6) is 1.91. The number of aromatic amines is 1. The molecule has 24 heavy (non-hydrogen) atoms. The molecule has 4 aromatic rings. The second-order valence-corrected chi connectivity index (χ2v) is 5.73. The minimum Gasteiger partial charge on any atom is -0.352 e. The van der Waals surface area contributed by atoms with Crippen molar-refractivity contribution < 1.29 is 0 Å². The summed E-state index contributed by atoms with van der Waals surface area (Å²) in [7, 11) is 0. The molecule has 1 N–H and O–H groups in total.